The lowest BCUT2D eigenvalue weighted by molar-refractivity contribution is 0.392. The van der Waals surface area contributed by atoms with Crippen LogP contribution in [0.2, 0.25) is 0 Å². The van der Waals surface area contributed by atoms with Crippen LogP contribution in [0, 0.1) is 5.82 Å². The average molecular weight is 209 g/mol. The van der Waals surface area contributed by atoms with E-state index in [2.05, 4.69) is 12.2 Å². The van der Waals surface area contributed by atoms with Gasteiger partial charge in [0.25, 0.3) is 0 Å². The Labute approximate surface area is 89.4 Å². The largest absolute Gasteiger partial charge is 0.496 e. The van der Waals surface area contributed by atoms with E-state index in [9.17, 15) is 4.39 Å². The monoisotopic (exact) mass is 209 g/mol. The van der Waals surface area contributed by atoms with Crippen LogP contribution in [0.25, 0.3) is 0 Å². The smallest absolute Gasteiger partial charge is 0.128 e. The third kappa shape index (κ3) is 1.72. The third-order valence-corrected chi connectivity index (χ3v) is 3.07. The Morgan fingerprint density at radius 2 is 2.33 bits per heavy atom. The standard InChI is InChI=1S/C12H16FNO/c1-3-8-6-14-7-9-10(13)4-5-11(15-2)12(8)9/h4-5,8,14H,3,6-7H2,1-2H3. The van der Waals surface area contributed by atoms with Crippen LogP contribution in [0.5, 0.6) is 5.75 Å². The first kappa shape index (κ1) is 10.4. The van der Waals surface area contributed by atoms with E-state index < -0.39 is 0 Å². The first-order valence-corrected chi connectivity index (χ1v) is 5.33. The molecule has 0 saturated carbocycles. The van der Waals surface area contributed by atoms with Crippen LogP contribution in [-0.2, 0) is 6.54 Å². The lowest BCUT2D eigenvalue weighted by atomic mass is 9.88. The number of ether oxygens (including phenoxy) is 1. The van der Waals surface area contributed by atoms with Crippen molar-refractivity contribution in [3.8, 4) is 5.75 Å². The molecular weight excluding hydrogens is 193 g/mol. The fourth-order valence-electron chi connectivity index (χ4n) is 2.24. The van der Waals surface area contributed by atoms with E-state index in [1.807, 2.05) is 0 Å². The molecule has 1 aliphatic heterocycles. The summed E-state index contributed by atoms with van der Waals surface area (Å²) in [5.41, 5.74) is 1.83. The zero-order valence-electron chi connectivity index (χ0n) is 9.14. The van der Waals surface area contributed by atoms with E-state index in [1.54, 1.807) is 13.2 Å². The van der Waals surface area contributed by atoms with Gasteiger partial charge in [0.1, 0.15) is 11.6 Å². The number of benzene rings is 1. The molecule has 82 valence electrons. The molecule has 0 spiro atoms. The van der Waals surface area contributed by atoms with Crippen LogP contribution < -0.4 is 10.1 Å². The first-order valence-electron chi connectivity index (χ1n) is 5.33. The van der Waals surface area contributed by atoms with Crippen molar-refractivity contribution in [2.24, 2.45) is 0 Å². The maximum absolute atomic E-state index is 13.6. The summed E-state index contributed by atoms with van der Waals surface area (Å²) in [6.07, 6.45) is 1.000. The van der Waals surface area contributed by atoms with E-state index in [4.69, 9.17) is 4.74 Å². The van der Waals surface area contributed by atoms with Gasteiger partial charge in [0.2, 0.25) is 0 Å². The molecule has 1 aromatic rings. The zero-order valence-corrected chi connectivity index (χ0v) is 9.14. The molecule has 2 rings (SSSR count). The predicted octanol–water partition coefficient (Wildman–Crippen LogP) is 2.43. The summed E-state index contributed by atoms with van der Waals surface area (Å²) in [5, 5.41) is 3.24. The fraction of sp³-hybridized carbons (Fsp3) is 0.500. The SMILES string of the molecule is CCC1CNCc2c(F)ccc(OC)c21. The molecule has 1 aliphatic rings. The van der Waals surface area contributed by atoms with Crippen molar-refractivity contribution >= 4 is 0 Å². The second-order valence-electron chi connectivity index (χ2n) is 3.88. The molecule has 1 unspecified atom stereocenters. The summed E-state index contributed by atoms with van der Waals surface area (Å²) >= 11 is 0. The van der Waals surface area contributed by atoms with Crippen molar-refractivity contribution in [3.05, 3.63) is 29.1 Å². The summed E-state index contributed by atoms with van der Waals surface area (Å²) in [6.45, 7) is 3.63. The Morgan fingerprint density at radius 1 is 1.53 bits per heavy atom. The lowest BCUT2D eigenvalue weighted by Crippen LogP contribution is -2.29. The number of rotatable bonds is 2. The summed E-state index contributed by atoms with van der Waals surface area (Å²) in [5.74, 6) is 1.05. The van der Waals surface area contributed by atoms with Crippen LogP contribution in [0.1, 0.15) is 30.4 Å². The number of hydrogen-bond donors (Lipinski definition) is 1. The van der Waals surface area contributed by atoms with Gasteiger partial charge in [-0.2, -0.15) is 0 Å². The van der Waals surface area contributed by atoms with Gasteiger partial charge in [-0.05, 0) is 18.6 Å². The topological polar surface area (TPSA) is 21.3 Å². The molecule has 0 bridgehead atoms. The number of nitrogens with one attached hydrogen (secondary N) is 1. The van der Waals surface area contributed by atoms with E-state index in [0.29, 0.717) is 12.5 Å². The van der Waals surface area contributed by atoms with E-state index >= 15 is 0 Å². The van der Waals surface area contributed by atoms with Gasteiger partial charge in [-0.3, -0.25) is 0 Å². The number of halogens is 1. The van der Waals surface area contributed by atoms with Gasteiger partial charge in [-0.15, -0.1) is 0 Å². The second kappa shape index (κ2) is 4.19. The number of hydrogen-bond acceptors (Lipinski definition) is 2. The molecule has 0 aromatic heterocycles. The highest BCUT2D eigenvalue weighted by Crippen LogP contribution is 2.35. The number of methoxy groups -OCH3 is 1. The molecule has 0 amide bonds. The summed E-state index contributed by atoms with van der Waals surface area (Å²) in [7, 11) is 1.64. The van der Waals surface area contributed by atoms with Crippen LogP contribution in [0.15, 0.2) is 12.1 Å². The van der Waals surface area contributed by atoms with Crippen LogP contribution in [0.4, 0.5) is 4.39 Å². The highest BCUT2D eigenvalue weighted by Gasteiger charge is 2.24. The van der Waals surface area contributed by atoms with Crippen molar-refractivity contribution < 1.29 is 9.13 Å². The molecule has 2 nitrogen and oxygen atoms in total. The second-order valence-corrected chi connectivity index (χ2v) is 3.88. The Morgan fingerprint density at radius 3 is 3.00 bits per heavy atom. The van der Waals surface area contributed by atoms with Crippen molar-refractivity contribution in [1.82, 2.24) is 5.32 Å². The summed E-state index contributed by atoms with van der Waals surface area (Å²) < 4.78 is 18.9. The fourth-order valence-corrected chi connectivity index (χ4v) is 2.24. The van der Waals surface area contributed by atoms with Crippen LogP contribution in [0.3, 0.4) is 0 Å². The summed E-state index contributed by atoms with van der Waals surface area (Å²) in [4.78, 5) is 0. The molecule has 1 N–H and O–H groups in total. The Balaban J connectivity index is 2.55. The summed E-state index contributed by atoms with van der Waals surface area (Å²) in [6, 6.07) is 3.21. The first-order chi connectivity index (χ1) is 7.27. The predicted molar refractivity (Wildman–Crippen MR) is 57.7 cm³/mol. The maximum atomic E-state index is 13.6. The maximum Gasteiger partial charge on any atom is 0.128 e. The molecule has 1 heterocycles. The molecule has 1 atom stereocenters. The molecule has 15 heavy (non-hydrogen) atoms. The minimum Gasteiger partial charge on any atom is -0.496 e. The molecule has 1 aromatic carbocycles. The van der Waals surface area contributed by atoms with E-state index in [-0.39, 0.29) is 5.82 Å². The minimum absolute atomic E-state index is 0.128. The van der Waals surface area contributed by atoms with Gasteiger partial charge in [0.15, 0.2) is 0 Å². The highest BCUT2D eigenvalue weighted by molar-refractivity contribution is 5.45. The molecule has 0 fully saturated rings. The van der Waals surface area contributed by atoms with Gasteiger partial charge < -0.3 is 10.1 Å². The average Bonchev–Trinajstić information content (AvgIpc) is 2.29. The minimum atomic E-state index is -0.128. The van der Waals surface area contributed by atoms with Gasteiger partial charge in [-0.25, -0.2) is 4.39 Å². The van der Waals surface area contributed by atoms with Gasteiger partial charge in [0, 0.05) is 30.1 Å². The molecule has 0 aliphatic carbocycles. The van der Waals surface area contributed by atoms with Crippen molar-refractivity contribution in [2.45, 2.75) is 25.8 Å². The Kier molecular flexibility index (Phi) is 2.91. The van der Waals surface area contributed by atoms with Crippen molar-refractivity contribution in [2.75, 3.05) is 13.7 Å². The number of fused-ring (bicyclic) bond motifs is 1. The molecule has 0 radical (unpaired) electrons. The quantitative estimate of drug-likeness (QED) is 0.807. The van der Waals surface area contributed by atoms with Gasteiger partial charge in [-0.1, -0.05) is 6.92 Å². The van der Waals surface area contributed by atoms with Gasteiger partial charge >= 0.3 is 0 Å². The molecule has 0 saturated heterocycles. The van der Waals surface area contributed by atoms with E-state index in [0.717, 1.165) is 29.8 Å². The van der Waals surface area contributed by atoms with Crippen LogP contribution >= 0.6 is 0 Å². The zero-order chi connectivity index (χ0) is 10.8. The Hall–Kier alpha value is -1.09. The highest BCUT2D eigenvalue weighted by atomic mass is 19.1. The van der Waals surface area contributed by atoms with Crippen LogP contribution in [-0.4, -0.2) is 13.7 Å². The Bertz CT molecular complexity index is 365. The van der Waals surface area contributed by atoms with Crippen molar-refractivity contribution in [1.29, 1.82) is 0 Å². The van der Waals surface area contributed by atoms with Gasteiger partial charge in [0.05, 0.1) is 7.11 Å². The van der Waals surface area contributed by atoms with E-state index in [1.165, 1.54) is 6.07 Å². The van der Waals surface area contributed by atoms with Crippen molar-refractivity contribution in [3.63, 3.8) is 0 Å². The third-order valence-electron chi connectivity index (χ3n) is 3.07. The lowest BCUT2D eigenvalue weighted by Gasteiger charge is -2.27. The normalized spacial score (nSPS) is 19.8. The molecular formula is C12H16FNO. The molecule has 3 heteroatoms.